The number of pyridine rings is 1. The van der Waals surface area contributed by atoms with Crippen LogP contribution in [-0.2, 0) is 11.3 Å². The maximum Gasteiger partial charge on any atom is 0.351 e. The number of rotatable bonds is 4. The van der Waals surface area contributed by atoms with Gasteiger partial charge in [-0.25, -0.2) is 13.9 Å². The molecule has 1 aromatic carbocycles. The van der Waals surface area contributed by atoms with Gasteiger partial charge in [-0.2, -0.15) is 0 Å². The van der Waals surface area contributed by atoms with Crippen LogP contribution < -0.4 is 15.2 Å². The van der Waals surface area contributed by atoms with E-state index in [0.29, 0.717) is 22.7 Å². The van der Waals surface area contributed by atoms with Gasteiger partial charge in [0.05, 0.1) is 5.52 Å². The first-order valence-electron chi connectivity index (χ1n) is 9.41. The molecular formula is C20H24N4O4. The van der Waals surface area contributed by atoms with Crippen LogP contribution >= 0.6 is 0 Å². The molecule has 1 aliphatic heterocycles. The summed E-state index contributed by atoms with van der Waals surface area (Å²) in [5, 5.41) is 5.30. The molecule has 0 fully saturated rings. The van der Waals surface area contributed by atoms with E-state index in [2.05, 4.69) is 5.10 Å². The maximum absolute atomic E-state index is 13.1. The standard InChI is InChI=1S/C20H24N4O4/c1-11(2)23(12(3)4)18(25)9-22-20(26)24-15-8-17-16(27-10-28-17)7-14(15)6-13(5)19(24)21-22/h6-8,11-12H,9-10H2,1-5H3. The molecule has 8 heteroatoms. The van der Waals surface area contributed by atoms with Crippen molar-refractivity contribution in [3.8, 4) is 11.5 Å². The molecule has 8 nitrogen and oxygen atoms in total. The fourth-order valence-corrected chi connectivity index (χ4v) is 3.92. The summed E-state index contributed by atoms with van der Waals surface area (Å²) < 4.78 is 13.7. The fourth-order valence-electron chi connectivity index (χ4n) is 3.92. The first kappa shape index (κ1) is 18.3. The minimum absolute atomic E-state index is 0.0440. The molecule has 3 heterocycles. The third-order valence-electron chi connectivity index (χ3n) is 5.01. The summed E-state index contributed by atoms with van der Waals surface area (Å²) in [7, 11) is 0. The zero-order valence-electron chi connectivity index (χ0n) is 16.7. The van der Waals surface area contributed by atoms with Gasteiger partial charge in [0.2, 0.25) is 12.7 Å². The van der Waals surface area contributed by atoms with E-state index in [-0.39, 0.29) is 37.0 Å². The monoisotopic (exact) mass is 384 g/mol. The highest BCUT2D eigenvalue weighted by Gasteiger charge is 2.23. The second-order valence-corrected chi connectivity index (χ2v) is 7.68. The number of aromatic nitrogens is 3. The van der Waals surface area contributed by atoms with Gasteiger partial charge >= 0.3 is 5.69 Å². The second kappa shape index (κ2) is 6.54. The van der Waals surface area contributed by atoms with Gasteiger partial charge in [0.25, 0.3) is 0 Å². The van der Waals surface area contributed by atoms with Gasteiger partial charge in [-0.15, -0.1) is 5.10 Å². The average molecular weight is 384 g/mol. The van der Waals surface area contributed by atoms with Crippen LogP contribution in [0.15, 0.2) is 23.0 Å². The van der Waals surface area contributed by atoms with Crippen molar-refractivity contribution >= 4 is 22.5 Å². The first-order valence-corrected chi connectivity index (χ1v) is 9.41. The van der Waals surface area contributed by atoms with Crippen LogP contribution in [0, 0.1) is 6.92 Å². The van der Waals surface area contributed by atoms with Gasteiger partial charge in [0.1, 0.15) is 6.54 Å². The van der Waals surface area contributed by atoms with Gasteiger partial charge in [-0.1, -0.05) is 0 Å². The van der Waals surface area contributed by atoms with E-state index in [1.165, 1.54) is 9.08 Å². The van der Waals surface area contributed by atoms with Crippen molar-refractivity contribution in [2.45, 2.75) is 53.2 Å². The average Bonchev–Trinajstić information content (AvgIpc) is 3.18. The number of hydrogen-bond acceptors (Lipinski definition) is 5. The summed E-state index contributed by atoms with van der Waals surface area (Å²) in [6.07, 6.45) is 0. The molecule has 0 bridgehead atoms. The zero-order chi connectivity index (χ0) is 20.2. The number of ether oxygens (including phenoxy) is 2. The molecule has 0 atom stereocenters. The number of carbonyl (C=O) groups excluding carboxylic acids is 1. The van der Waals surface area contributed by atoms with Crippen molar-refractivity contribution in [2.75, 3.05) is 6.79 Å². The lowest BCUT2D eigenvalue weighted by atomic mass is 10.1. The maximum atomic E-state index is 13.1. The number of amides is 1. The van der Waals surface area contributed by atoms with Gasteiger partial charge in [0, 0.05) is 23.5 Å². The quantitative estimate of drug-likeness (QED) is 0.690. The Morgan fingerprint density at radius 1 is 1.14 bits per heavy atom. The van der Waals surface area contributed by atoms with Crippen molar-refractivity contribution in [2.24, 2.45) is 0 Å². The number of hydrogen-bond donors (Lipinski definition) is 0. The molecule has 148 valence electrons. The molecule has 4 rings (SSSR count). The lowest BCUT2D eigenvalue weighted by Gasteiger charge is -2.30. The lowest BCUT2D eigenvalue weighted by Crippen LogP contribution is -2.44. The molecule has 0 saturated heterocycles. The van der Waals surface area contributed by atoms with E-state index < -0.39 is 0 Å². The molecule has 0 spiro atoms. The predicted octanol–water partition coefficient (Wildman–Crippen LogP) is 2.33. The van der Waals surface area contributed by atoms with Crippen LogP contribution in [-0.4, -0.2) is 43.9 Å². The smallest absolute Gasteiger partial charge is 0.351 e. The fraction of sp³-hybridized carbons (Fsp3) is 0.450. The third-order valence-corrected chi connectivity index (χ3v) is 5.01. The van der Waals surface area contributed by atoms with E-state index in [1.54, 1.807) is 11.0 Å². The van der Waals surface area contributed by atoms with Crippen LogP contribution in [0.3, 0.4) is 0 Å². The molecule has 0 aliphatic carbocycles. The van der Waals surface area contributed by atoms with Crippen LogP contribution in [0.1, 0.15) is 33.3 Å². The Labute approximate surface area is 162 Å². The van der Waals surface area contributed by atoms with E-state index in [0.717, 1.165) is 10.9 Å². The molecule has 28 heavy (non-hydrogen) atoms. The number of nitrogens with zero attached hydrogens (tertiary/aromatic N) is 4. The molecule has 0 radical (unpaired) electrons. The Hall–Kier alpha value is -3.03. The summed E-state index contributed by atoms with van der Waals surface area (Å²) >= 11 is 0. The Balaban J connectivity index is 1.85. The third kappa shape index (κ3) is 2.80. The minimum Gasteiger partial charge on any atom is -0.454 e. The van der Waals surface area contributed by atoms with Gasteiger partial charge < -0.3 is 14.4 Å². The van der Waals surface area contributed by atoms with Gasteiger partial charge in [-0.3, -0.25) is 4.79 Å². The van der Waals surface area contributed by atoms with Crippen molar-refractivity contribution < 1.29 is 14.3 Å². The van der Waals surface area contributed by atoms with E-state index in [4.69, 9.17) is 9.47 Å². The SMILES string of the molecule is Cc1cc2cc3c(cc2n2c(=O)n(CC(=O)N(C(C)C)C(C)C)nc12)OCO3. The Kier molecular flexibility index (Phi) is 4.28. The van der Waals surface area contributed by atoms with Crippen LogP contribution in [0.5, 0.6) is 11.5 Å². The molecule has 0 N–H and O–H groups in total. The Morgan fingerprint density at radius 2 is 1.79 bits per heavy atom. The molecule has 1 aliphatic rings. The number of aryl methyl sites for hydroxylation is 1. The zero-order valence-corrected chi connectivity index (χ0v) is 16.7. The molecule has 0 unspecified atom stereocenters. The number of benzene rings is 1. The van der Waals surface area contributed by atoms with Crippen molar-refractivity contribution in [3.05, 3.63) is 34.2 Å². The summed E-state index contributed by atoms with van der Waals surface area (Å²) in [6, 6.07) is 5.69. The van der Waals surface area contributed by atoms with Crippen molar-refractivity contribution in [1.82, 2.24) is 19.1 Å². The second-order valence-electron chi connectivity index (χ2n) is 7.68. The largest absolute Gasteiger partial charge is 0.454 e. The number of fused-ring (bicyclic) bond motifs is 4. The van der Waals surface area contributed by atoms with Crippen LogP contribution in [0.25, 0.3) is 16.6 Å². The summed E-state index contributed by atoms with van der Waals surface area (Å²) in [4.78, 5) is 27.7. The first-order chi connectivity index (χ1) is 13.3. The highest BCUT2D eigenvalue weighted by atomic mass is 16.7. The number of carbonyl (C=O) groups is 1. The molecular weight excluding hydrogens is 360 g/mol. The van der Waals surface area contributed by atoms with Crippen molar-refractivity contribution in [3.63, 3.8) is 0 Å². The normalized spacial score (nSPS) is 13.2. The highest BCUT2D eigenvalue weighted by Crippen LogP contribution is 2.36. The molecule has 3 aromatic rings. The molecule has 0 saturated carbocycles. The van der Waals surface area contributed by atoms with E-state index >= 15 is 0 Å². The van der Waals surface area contributed by atoms with Crippen LogP contribution in [0.2, 0.25) is 0 Å². The van der Waals surface area contributed by atoms with Gasteiger partial charge in [0.15, 0.2) is 17.1 Å². The summed E-state index contributed by atoms with van der Waals surface area (Å²) in [6.45, 7) is 9.82. The molecule has 1 amide bonds. The van der Waals surface area contributed by atoms with E-state index in [1.807, 2.05) is 46.8 Å². The van der Waals surface area contributed by atoms with Crippen molar-refractivity contribution in [1.29, 1.82) is 0 Å². The lowest BCUT2D eigenvalue weighted by molar-refractivity contribution is -0.135. The molecule has 2 aromatic heterocycles. The summed E-state index contributed by atoms with van der Waals surface area (Å²) in [5.41, 5.74) is 1.71. The van der Waals surface area contributed by atoms with E-state index in [9.17, 15) is 9.59 Å². The Morgan fingerprint density at radius 3 is 2.43 bits per heavy atom. The Bertz CT molecular complexity index is 1130. The predicted molar refractivity (Wildman–Crippen MR) is 105 cm³/mol. The van der Waals surface area contributed by atoms with Crippen LogP contribution in [0.4, 0.5) is 0 Å². The topological polar surface area (TPSA) is 78.1 Å². The van der Waals surface area contributed by atoms with Gasteiger partial charge in [-0.05, 0) is 52.3 Å². The minimum atomic E-state index is -0.344. The summed E-state index contributed by atoms with van der Waals surface area (Å²) in [5.74, 6) is 1.13. The highest BCUT2D eigenvalue weighted by molar-refractivity contribution is 5.87.